The minimum Gasteiger partial charge on any atom is -0.385 e. The van der Waals surface area contributed by atoms with Crippen molar-refractivity contribution in [1.82, 2.24) is 5.43 Å². The highest BCUT2D eigenvalue weighted by molar-refractivity contribution is 5.82. The predicted octanol–water partition coefficient (Wildman–Crippen LogP) is 3.25. The minimum atomic E-state index is -0.465. The molecule has 0 aliphatic rings. The monoisotopic (exact) mass is 340 g/mol. The molecule has 0 radical (unpaired) electrons. The maximum atomic E-state index is 11.7. The standard InChI is InChI=1S/C18H20N4O3/c1-14-4-2-5-16(12-14)19-11-3-6-18(23)21-20-13-15-7-9-17(10-8-15)22(24)25/h2,4-5,7-10,12-13,19H,3,6,11H2,1H3,(H,21,23). The van der Waals surface area contributed by atoms with Gasteiger partial charge in [-0.05, 0) is 48.7 Å². The zero-order valence-electron chi connectivity index (χ0n) is 13.9. The average Bonchev–Trinajstić information content (AvgIpc) is 2.59. The van der Waals surface area contributed by atoms with Crippen LogP contribution < -0.4 is 10.7 Å². The van der Waals surface area contributed by atoms with Crippen molar-refractivity contribution in [3.05, 3.63) is 69.8 Å². The molecule has 0 saturated carbocycles. The first-order chi connectivity index (χ1) is 12.0. The number of hydrazone groups is 1. The lowest BCUT2D eigenvalue weighted by Gasteiger charge is -2.06. The fraction of sp³-hybridized carbons (Fsp3) is 0.222. The molecule has 0 unspecified atom stereocenters. The van der Waals surface area contributed by atoms with Crippen LogP contribution in [0.3, 0.4) is 0 Å². The third-order valence-electron chi connectivity index (χ3n) is 3.43. The average molecular weight is 340 g/mol. The highest BCUT2D eigenvalue weighted by Crippen LogP contribution is 2.11. The number of hydrogen-bond donors (Lipinski definition) is 2. The number of nitro groups is 1. The van der Waals surface area contributed by atoms with Gasteiger partial charge in [0.2, 0.25) is 5.91 Å². The molecular formula is C18H20N4O3. The molecule has 0 fully saturated rings. The van der Waals surface area contributed by atoms with E-state index in [2.05, 4.69) is 21.9 Å². The number of benzene rings is 2. The van der Waals surface area contributed by atoms with Crippen LogP contribution in [0.2, 0.25) is 0 Å². The molecule has 0 aromatic heterocycles. The number of aryl methyl sites for hydroxylation is 1. The summed E-state index contributed by atoms with van der Waals surface area (Å²) < 4.78 is 0. The van der Waals surface area contributed by atoms with Crippen molar-refractivity contribution in [3.63, 3.8) is 0 Å². The van der Waals surface area contributed by atoms with Crippen LogP contribution in [-0.2, 0) is 4.79 Å². The van der Waals surface area contributed by atoms with Gasteiger partial charge in [-0.15, -0.1) is 0 Å². The van der Waals surface area contributed by atoms with Gasteiger partial charge >= 0.3 is 0 Å². The van der Waals surface area contributed by atoms with E-state index in [0.717, 1.165) is 5.69 Å². The van der Waals surface area contributed by atoms with Crippen molar-refractivity contribution in [2.24, 2.45) is 5.10 Å². The number of rotatable bonds is 8. The Bertz CT molecular complexity index is 757. The van der Waals surface area contributed by atoms with Gasteiger partial charge in [0, 0.05) is 30.8 Å². The quantitative estimate of drug-likeness (QED) is 0.334. The topological polar surface area (TPSA) is 96.6 Å². The summed E-state index contributed by atoms with van der Waals surface area (Å²) in [6, 6.07) is 14.0. The zero-order valence-corrected chi connectivity index (χ0v) is 13.9. The number of amides is 1. The first-order valence-corrected chi connectivity index (χ1v) is 7.91. The Morgan fingerprint density at radius 3 is 2.68 bits per heavy atom. The summed E-state index contributed by atoms with van der Waals surface area (Å²) in [6.45, 7) is 2.73. The Kier molecular flexibility index (Phi) is 6.65. The zero-order chi connectivity index (χ0) is 18.1. The highest BCUT2D eigenvalue weighted by Gasteiger charge is 2.03. The van der Waals surface area contributed by atoms with E-state index in [1.165, 1.54) is 23.9 Å². The molecule has 2 N–H and O–H groups in total. The van der Waals surface area contributed by atoms with Gasteiger partial charge in [-0.3, -0.25) is 14.9 Å². The van der Waals surface area contributed by atoms with E-state index in [1.807, 2.05) is 25.1 Å². The molecule has 130 valence electrons. The minimum absolute atomic E-state index is 0.0160. The Balaban J connectivity index is 1.67. The van der Waals surface area contributed by atoms with Crippen LogP contribution in [0.5, 0.6) is 0 Å². The maximum Gasteiger partial charge on any atom is 0.269 e. The Labute approximate surface area is 145 Å². The largest absolute Gasteiger partial charge is 0.385 e. The summed E-state index contributed by atoms with van der Waals surface area (Å²) in [5, 5.41) is 17.7. The summed E-state index contributed by atoms with van der Waals surface area (Å²) >= 11 is 0. The number of carbonyl (C=O) groups is 1. The van der Waals surface area contributed by atoms with E-state index in [9.17, 15) is 14.9 Å². The molecular weight excluding hydrogens is 320 g/mol. The number of anilines is 1. The third kappa shape index (κ3) is 6.42. The van der Waals surface area contributed by atoms with Gasteiger partial charge in [-0.25, -0.2) is 5.43 Å². The second kappa shape index (κ2) is 9.17. The van der Waals surface area contributed by atoms with Crippen molar-refractivity contribution >= 4 is 23.5 Å². The van der Waals surface area contributed by atoms with Gasteiger partial charge in [0.25, 0.3) is 5.69 Å². The van der Waals surface area contributed by atoms with Gasteiger partial charge < -0.3 is 5.32 Å². The van der Waals surface area contributed by atoms with E-state index in [-0.39, 0.29) is 11.6 Å². The number of nitrogens with one attached hydrogen (secondary N) is 2. The van der Waals surface area contributed by atoms with E-state index >= 15 is 0 Å². The Morgan fingerprint density at radius 2 is 2.00 bits per heavy atom. The van der Waals surface area contributed by atoms with Crippen molar-refractivity contribution in [1.29, 1.82) is 0 Å². The smallest absolute Gasteiger partial charge is 0.269 e. The Morgan fingerprint density at radius 1 is 1.24 bits per heavy atom. The molecule has 2 rings (SSSR count). The molecule has 0 atom stereocenters. The van der Waals surface area contributed by atoms with Gasteiger partial charge in [0.15, 0.2) is 0 Å². The predicted molar refractivity (Wildman–Crippen MR) is 97.7 cm³/mol. The van der Waals surface area contributed by atoms with Crippen LogP contribution in [-0.4, -0.2) is 23.6 Å². The van der Waals surface area contributed by atoms with Crippen LogP contribution in [0, 0.1) is 17.0 Å². The number of nitro benzene ring substituents is 1. The molecule has 0 aliphatic heterocycles. The summed E-state index contributed by atoms with van der Waals surface area (Å²) in [4.78, 5) is 21.8. The van der Waals surface area contributed by atoms with Crippen molar-refractivity contribution in [3.8, 4) is 0 Å². The summed E-state index contributed by atoms with van der Waals surface area (Å²) in [5.41, 5.74) is 5.36. The van der Waals surface area contributed by atoms with Crippen molar-refractivity contribution < 1.29 is 9.72 Å². The fourth-order valence-electron chi connectivity index (χ4n) is 2.15. The molecule has 0 aliphatic carbocycles. The van der Waals surface area contributed by atoms with Crippen molar-refractivity contribution in [2.75, 3.05) is 11.9 Å². The van der Waals surface area contributed by atoms with Crippen LogP contribution >= 0.6 is 0 Å². The number of carbonyl (C=O) groups excluding carboxylic acids is 1. The molecule has 0 saturated heterocycles. The fourth-order valence-corrected chi connectivity index (χ4v) is 2.15. The molecule has 1 amide bonds. The molecule has 0 spiro atoms. The van der Waals surface area contributed by atoms with E-state index in [0.29, 0.717) is 24.9 Å². The lowest BCUT2D eigenvalue weighted by Crippen LogP contribution is -2.18. The molecule has 2 aromatic rings. The Hall–Kier alpha value is -3.22. The first kappa shape index (κ1) is 18.1. The van der Waals surface area contributed by atoms with Crippen LogP contribution in [0.1, 0.15) is 24.0 Å². The maximum absolute atomic E-state index is 11.7. The second-order valence-electron chi connectivity index (χ2n) is 5.54. The van der Waals surface area contributed by atoms with Crippen LogP contribution in [0.15, 0.2) is 53.6 Å². The van der Waals surface area contributed by atoms with Gasteiger partial charge in [-0.1, -0.05) is 12.1 Å². The van der Waals surface area contributed by atoms with Crippen molar-refractivity contribution in [2.45, 2.75) is 19.8 Å². The lowest BCUT2D eigenvalue weighted by atomic mass is 10.2. The van der Waals surface area contributed by atoms with E-state index in [1.54, 1.807) is 12.1 Å². The molecule has 0 heterocycles. The van der Waals surface area contributed by atoms with Gasteiger partial charge in [0.05, 0.1) is 11.1 Å². The highest BCUT2D eigenvalue weighted by atomic mass is 16.6. The first-order valence-electron chi connectivity index (χ1n) is 7.91. The summed E-state index contributed by atoms with van der Waals surface area (Å²) in [7, 11) is 0. The summed E-state index contributed by atoms with van der Waals surface area (Å²) in [5.74, 6) is -0.177. The number of nitrogens with zero attached hydrogens (tertiary/aromatic N) is 2. The molecule has 7 heteroatoms. The molecule has 7 nitrogen and oxygen atoms in total. The number of non-ortho nitro benzene ring substituents is 1. The van der Waals surface area contributed by atoms with E-state index < -0.39 is 4.92 Å². The van der Waals surface area contributed by atoms with Crippen LogP contribution in [0.25, 0.3) is 0 Å². The van der Waals surface area contributed by atoms with Gasteiger partial charge in [0.1, 0.15) is 0 Å². The molecule has 2 aromatic carbocycles. The normalized spacial score (nSPS) is 10.6. The second-order valence-corrected chi connectivity index (χ2v) is 5.54. The summed E-state index contributed by atoms with van der Waals surface area (Å²) in [6.07, 6.45) is 2.50. The lowest BCUT2D eigenvalue weighted by molar-refractivity contribution is -0.384. The van der Waals surface area contributed by atoms with E-state index in [4.69, 9.17) is 0 Å². The SMILES string of the molecule is Cc1cccc(NCCCC(=O)NN=Cc2ccc([N+](=O)[O-])cc2)c1. The molecule has 25 heavy (non-hydrogen) atoms. The van der Waals surface area contributed by atoms with Gasteiger partial charge in [-0.2, -0.15) is 5.10 Å². The number of hydrogen-bond acceptors (Lipinski definition) is 5. The molecule has 0 bridgehead atoms. The third-order valence-corrected chi connectivity index (χ3v) is 3.43. The van der Waals surface area contributed by atoms with Crippen LogP contribution in [0.4, 0.5) is 11.4 Å².